The highest BCUT2D eigenvalue weighted by atomic mass is 32.2. The number of hydrogen-bond acceptors (Lipinski definition) is 6. The van der Waals surface area contributed by atoms with E-state index in [0.717, 1.165) is 0 Å². The second-order valence-corrected chi connectivity index (χ2v) is 9.69. The Morgan fingerprint density at radius 2 is 1.40 bits per heavy atom. The van der Waals surface area contributed by atoms with Gasteiger partial charge in [0.2, 0.25) is 15.9 Å². The number of rotatable bonds is 8. The summed E-state index contributed by atoms with van der Waals surface area (Å²) in [6, 6.07) is 14.2. The van der Waals surface area contributed by atoms with Gasteiger partial charge in [-0.05, 0) is 60.7 Å². The Balaban J connectivity index is 1.69. The first kappa shape index (κ1) is 21.6. The third-order valence-corrected chi connectivity index (χ3v) is 6.73. The lowest BCUT2D eigenvalue weighted by Gasteiger charge is -2.10. The van der Waals surface area contributed by atoms with E-state index in [1.165, 1.54) is 61.7 Å². The van der Waals surface area contributed by atoms with Crippen LogP contribution >= 0.6 is 0 Å². The summed E-state index contributed by atoms with van der Waals surface area (Å²) in [5.74, 6) is 0.199. The smallest absolute Gasteiger partial charge is 0.261 e. The number of benzene rings is 2. The van der Waals surface area contributed by atoms with Crippen LogP contribution < -0.4 is 14.8 Å². The largest absolute Gasteiger partial charge is 0.468 e. The van der Waals surface area contributed by atoms with Crippen molar-refractivity contribution in [3.63, 3.8) is 0 Å². The van der Waals surface area contributed by atoms with Crippen LogP contribution in [0.4, 0.5) is 11.4 Å². The van der Waals surface area contributed by atoms with Gasteiger partial charge in [-0.15, -0.1) is 0 Å². The van der Waals surface area contributed by atoms with Gasteiger partial charge in [-0.2, -0.15) is 0 Å². The molecule has 0 aliphatic heterocycles. The van der Waals surface area contributed by atoms with Gasteiger partial charge >= 0.3 is 0 Å². The van der Waals surface area contributed by atoms with Crippen LogP contribution in [0.5, 0.6) is 0 Å². The molecule has 1 heterocycles. The maximum absolute atomic E-state index is 12.5. The van der Waals surface area contributed by atoms with E-state index in [1.54, 1.807) is 12.1 Å². The van der Waals surface area contributed by atoms with Crippen LogP contribution in [0.1, 0.15) is 12.7 Å². The van der Waals surface area contributed by atoms with Crippen molar-refractivity contribution in [3.8, 4) is 0 Å². The highest BCUT2D eigenvalue weighted by Crippen LogP contribution is 2.20. The fraction of sp³-hybridized carbons (Fsp3) is 0.105. The van der Waals surface area contributed by atoms with E-state index in [-0.39, 0.29) is 27.9 Å². The van der Waals surface area contributed by atoms with Crippen LogP contribution in [0, 0.1) is 0 Å². The van der Waals surface area contributed by atoms with E-state index >= 15 is 0 Å². The molecule has 0 atom stereocenters. The molecule has 3 rings (SSSR count). The molecule has 158 valence electrons. The second-order valence-electron chi connectivity index (χ2n) is 6.24. The number of hydrogen-bond donors (Lipinski definition) is 3. The number of sulfonamides is 2. The average Bonchev–Trinajstić information content (AvgIpc) is 3.20. The topological polar surface area (TPSA) is 135 Å². The van der Waals surface area contributed by atoms with Gasteiger partial charge in [0.05, 0.1) is 22.6 Å². The zero-order valence-corrected chi connectivity index (χ0v) is 17.5. The molecule has 1 amide bonds. The Labute approximate surface area is 174 Å². The molecule has 11 heteroatoms. The van der Waals surface area contributed by atoms with E-state index < -0.39 is 20.0 Å². The Bertz CT molecular complexity index is 1220. The molecule has 0 saturated heterocycles. The molecule has 1 aromatic heterocycles. The van der Waals surface area contributed by atoms with E-state index in [9.17, 15) is 21.6 Å². The summed E-state index contributed by atoms with van der Waals surface area (Å²) in [5, 5.41) is 2.55. The summed E-state index contributed by atoms with van der Waals surface area (Å²) in [5.41, 5.74) is 0.670. The van der Waals surface area contributed by atoms with Crippen molar-refractivity contribution >= 4 is 37.3 Å². The molecule has 2 aromatic carbocycles. The monoisotopic (exact) mass is 449 g/mol. The standard InChI is InChI=1S/C19H19N3O6S2/c1-14(23)21-15-4-8-19(9-5-15)30(26,27)22-16-6-10-18(11-7-16)29(24,25)20-13-17-3-2-12-28-17/h2-12,20,22H,13H2,1H3,(H,21,23). The van der Waals surface area contributed by atoms with Gasteiger partial charge in [0.15, 0.2) is 0 Å². The SMILES string of the molecule is CC(=O)Nc1ccc(S(=O)(=O)Nc2ccc(S(=O)(=O)NCc3ccco3)cc2)cc1. The Morgan fingerprint density at radius 3 is 1.93 bits per heavy atom. The quantitative estimate of drug-likeness (QED) is 0.484. The summed E-state index contributed by atoms with van der Waals surface area (Å²) >= 11 is 0. The van der Waals surface area contributed by atoms with Crippen molar-refractivity contribution in [3.05, 3.63) is 72.7 Å². The number of carbonyl (C=O) groups is 1. The summed E-state index contributed by atoms with van der Waals surface area (Å²) in [7, 11) is -7.67. The van der Waals surface area contributed by atoms with Crippen LogP contribution in [-0.4, -0.2) is 22.7 Å². The van der Waals surface area contributed by atoms with Crippen molar-refractivity contribution in [2.24, 2.45) is 0 Å². The first-order valence-corrected chi connectivity index (χ1v) is 11.6. The van der Waals surface area contributed by atoms with E-state index in [4.69, 9.17) is 4.42 Å². The average molecular weight is 450 g/mol. The van der Waals surface area contributed by atoms with Gasteiger partial charge in [-0.3, -0.25) is 9.52 Å². The predicted molar refractivity (Wildman–Crippen MR) is 111 cm³/mol. The van der Waals surface area contributed by atoms with Gasteiger partial charge in [0.1, 0.15) is 5.76 Å². The molecule has 0 radical (unpaired) electrons. The van der Waals surface area contributed by atoms with E-state index in [1.807, 2.05) is 0 Å². The molecule has 0 unspecified atom stereocenters. The van der Waals surface area contributed by atoms with Crippen molar-refractivity contribution in [2.75, 3.05) is 10.0 Å². The van der Waals surface area contributed by atoms with Gasteiger partial charge in [-0.25, -0.2) is 21.6 Å². The maximum atomic E-state index is 12.5. The zero-order valence-electron chi connectivity index (χ0n) is 15.8. The lowest BCUT2D eigenvalue weighted by molar-refractivity contribution is -0.114. The fourth-order valence-corrected chi connectivity index (χ4v) is 4.55. The Hall–Kier alpha value is -3.15. The normalized spacial score (nSPS) is 11.8. The van der Waals surface area contributed by atoms with Crippen LogP contribution in [0.3, 0.4) is 0 Å². The zero-order chi connectivity index (χ0) is 21.8. The highest BCUT2D eigenvalue weighted by molar-refractivity contribution is 7.92. The lowest BCUT2D eigenvalue weighted by Crippen LogP contribution is -2.23. The lowest BCUT2D eigenvalue weighted by atomic mass is 10.3. The maximum Gasteiger partial charge on any atom is 0.261 e. The van der Waals surface area contributed by atoms with Crippen LogP contribution in [0.15, 0.2) is 81.1 Å². The minimum Gasteiger partial charge on any atom is -0.468 e. The molecular weight excluding hydrogens is 430 g/mol. The Morgan fingerprint density at radius 1 is 0.833 bits per heavy atom. The molecule has 3 aromatic rings. The number of carbonyl (C=O) groups excluding carboxylic acids is 1. The number of furan rings is 1. The predicted octanol–water partition coefficient (Wildman–Crippen LogP) is 2.52. The van der Waals surface area contributed by atoms with Crippen molar-refractivity contribution in [1.29, 1.82) is 0 Å². The van der Waals surface area contributed by atoms with Crippen molar-refractivity contribution < 1.29 is 26.0 Å². The molecule has 3 N–H and O–H groups in total. The van der Waals surface area contributed by atoms with Crippen molar-refractivity contribution in [1.82, 2.24) is 4.72 Å². The molecule has 0 fully saturated rings. The first-order valence-electron chi connectivity index (χ1n) is 8.68. The summed E-state index contributed by atoms with van der Waals surface area (Å²) in [4.78, 5) is 11.0. The molecule has 0 spiro atoms. The molecule has 0 bridgehead atoms. The van der Waals surface area contributed by atoms with Gasteiger partial charge in [0.25, 0.3) is 10.0 Å². The second kappa shape index (κ2) is 8.69. The van der Waals surface area contributed by atoms with Crippen LogP contribution in [0.25, 0.3) is 0 Å². The van der Waals surface area contributed by atoms with Gasteiger partial charge < -0.3 is 9.73 Å². The van der Waals surface area contributed by atoms with E-state index in [2.05, 4.69) is 14.8 Å². The van der Waals surface area contributed by atoms with Crippen LogP contribution in [-0.2, 0) is 31.4 Å². The minimum absolute atomic E-state index is 0.00179. The molecular formula is C19H19N3O6S2. The third kappa shape index (κ3) is 5.47. The van der Waals surface area contributed by atoms with Crippen molar-refractivity contribution in [2.45, 2.75) is 23.3 Å². The number of nitrogens with one attached hydrogen (secondary N) is 3. The summed E-state index contributed by atoms with van der Waals surface area (Å²) in [6.45, 7) is 1.35. The summed E-state index contributed by atoms with van der Waals surface area (Å²) in [6.07, 6.45) is 1.44. The van der Waals surface area contributed by atoms with Gasteiger partial charge in [-0.1, -0.05) is 0 Å². The minimum atomic E-state index is -3.89. The molecule has 30 heavy (non-hydrogen) atoms. The number of amides is 1. The fourth-order valence-electron chi connectivity index (χ4n) is 2.50. The highest BCUT2D eigenvalue weighted by Gasteiger charge is 2.17. The third-order valence-electron chi connectivity index (χ3n) is 3.92. The Kier molecular flexibility index (Phi) is 6.25. The first-order chi connectivity index (χ1) is 14.2. The van der Waals surface area contributed by atoms with Crippen LogP contribution in [0.2, 0.25) is 0 Å². The molecule has 0 aliphatic rings. The van der Waals surface area contributed by atoms with Gasteiger partial charge in [0, 0.05) is 18.3 Å². The molecule has 9 nitrogen and oxygen atoms in total. The summed E-state index contributed by atoms with van der Waals surface area (Å²) < 4.78 is 59.6. The molecule has 0 aliphatic carbocycles. The molecule has 0 saturated carbocycles. The van der Waals surface area contributed by atoms with E-state index in [0.29, 0.717) is 11.4 Å². The number of anilines is 2.